The van der Waals surface area contributed by atoms with Crippen molar-refractivity contribution >= 4 is 130 Å². The number of para-hydroxylation sites is 2. The van der Waals surface area contributed by atoms with E-state index in [-0.39, 0.29) is 5.39 Å². The summed E-state index contributed by atoms with van der Waals surface area (Å²) in [5.74, 6) is 0. The second-order valence-corrected chi connectivity index (χ2v) is 28.6. The van der Waals surface area contributed by atoms with Crippen LogP contribution in [-0.2, 0) is 0 Å². The number of hydrogen-bond acceptors (Lipinski definition) is 3. The van der Waals surface area contributed by atoms with Gasteiger partial charge in [0, 0.05) is 43.4 Å². The van der Waals surface area contributed by atoms with Crippen LogP contribution in [0.3, 0.4) is 0 Å². The summed E-state index contributed by atoms with van der Waals surface area (Å²) >= 11 is 0. The predicted molar refractivity (Wildman–Crippen MR) is 571 cm³/mol. The summed E-state index contributed by atoms with van der Waals surface area (Å²) in [5.41, 5.74) is -21.8. The number of fused-ring (bicyclic) bond motifs is 15. The standard InChI is InChI=1S/3C44H28O/c1-3-13-29(14-4-1)31-17-11-18-33(27-31)42-34-19-7-9-21-36(34)43(37-22-10-8-20-35(37)42)39-23-12-24-40-44(39)38-26-25-32(28-41(38)45-40)30-15-5-2-6-16-30;1-3-13-29(14-4-1)30-25-27-32(28-26-30)41-34-17-7-9-19-36(34)42(37-20-10-8-18-35(37)41)38-22-12-24-40-43(38)39-23-11-21-33(44(39)45-40)31-15-5-2-6-16-31;1-3-15-29(16-4-1)31-19-7-8-20-33(31)41-34-21-9-11-23-36(34)42(37-24-12-10-22-35(37)41)38-26-14-28-40-43(38)39-27-13-25-32(44(39)45-40)30-17-5-2-6-18-30/h3*1-28H/i1D,2D,3D,4D,5D,6D,7D,8D,9D,10D,11D,12D,13D,14D,15D,16D,17D,18D,19D,20D,21D,22D,23D,24D,25D,27D,28D;2*1D,2D,3D,4D,5D,6D,7D,8D,9D,10D,11D,12D,13D,14D,15D,16D,17D,18D,19D,20D,21D,22D,23D,24D,25D,26D,27D,28D. The summed E-state index contributed by atoms with van der Waals surface area (Å²) in [5, 5.41) is -12.3. The lowest BCUT2D eigenvalue weighted by Gasteiger charge is -2.20. The smallest absolute Gasteiger partial charge is 0.143 e. The van der Waals surface area contributed by atoms with Crippen LogP contribution in [0.4, 0.5) is 0 Å². The molecular formula is C132H84O3. The first-order chi connectivity index (χ1) is 102. The molecule has 0 bridgehead atoms. The highest BCUT2D eigenvalue weighted by atomic mass is 16.3. The van der Waals surface area contributed by atoms with Gasteiger partial charge in [0.05, 0.1) is 114 Å². The SMILES string of the molecule is [2H]c1c([2H])c([2H])c(-c2c([2H])c([2H])c(-c3c4c([2H])c([2H])c([2H])c([2H])c4c(-c4c([2H])c([2H])c([2H])c5oc6c(-c7c([2H])c([2H])c([2H])c([2H])c7[2H])c([2H])c([2H])c([2H])c6c45)c4c([2H])c([2H])c([2H])c([2H])c34)c([2H])c2[2H])c([2H])c1[2H].[2H]c1c([2H])c([2H])c(-c2c([2H])c([2H])c([2H])c([2H])c2-c2c3c([2H])c([2H])c([2H])c([2H])c3c(-c3c([2H])c([2H])c([2H])c4oc5c(-c6c([2H])c([2H])c([2H])c([2H])c6[2H])c([2H])c([2H])c([2H])c5c34)c3c([2H])c([2H])c([2H])c([2H])c23)c([2H])c1[2H].[2H]c1cc2c(oc3c([2H])c([2H])c([2H])c(-c4c5c([2H])c([2H])c([2H])c([2H])c5c(-c5c([2H])c([2H])c([2H])c(-c6c([2H])c([2H])c([2H])c([2H])c6[2H])c5[2H])c5c([2H])c([2H])c([2H])c([2H])c45)c32)c([2H])c1-c1c([2H])c([2H])c([2H])c([2H])c1[2H]. The Morgan fingerprint density at radius 1 is 0.126 bits per heavy atom. The highest BCUT2D eigenvalue weighted by Crippen LogP contribution is 2.54. The van der Waals surface area contributed by atoms with E-state index in [0.717, 1.165) is 6.07 Å². The Morgan fingerprint density at radius 3 is 0.756 bits per heavy atom. The van der Waals surface area contributed by atoms with Gasteiger partial charge in [-0.2, -0.15) is 0 Å². The van der Waals surface area contributed by atoms with E-state index < -0.39 is 760 Å². The van der Waals surface area contributed by atoms with Crippen LogP contribution in [0.15, 0.2) is 521 Å². The lowest BCUT2D eigenvalue weighted by molar-refractivity contribution is 0.669. The average Bonchev–Trinajstić information content (AvgIpc) is 1.00. The third-order valence-electron chi connectivity index (χ3n) is 21.5. The molecule has 3 heterocycles. The van der Waals surface area contributed by atoms with Crippen LogP contribution in [-0.4, -0.2) is 0 Å². The van der Waals surface area contributed by atoms with Crippen molar-refractivity contribution in [3.8, 4) is 134 Å². The molecule has 27 rings (SSSR count). The number of furan rings is 3. The third-order valence-corrected chi connectivity index (χ3v) is 21.5. The van der Waals surface area contributed by atoms with Crippen molar-refractivity contribution in [2.75, 3.05) is 0 Å². The van der Waals surface area contributed by atoms with Gasteiger partial charge in [0.2, 0.25) is 0 Å². The van der Waals surface area contributed by atoms with Gasteiger partial charge in [-0.1, -0.05) is 471 Å². The molecule has 0 unspecified atom stereocenters. The van der Waals surface area contributed by atoms with Crippen molar-refractivity contribution in [2.24, 2.45) is 0 Å². The molecule has 3 aromatic heterocycles. The van der Waals surface area contributed by atoms with Crippen molar-refractivity contribution in [3.05, 3.63) is 508 Å². The fraction of sp³-hybridized carbons (Fsp3) is 0. The Balaban J connectivity index is 0.000000155. The molecule has 24 aromatic carbocycles. The minimum atomic E-state index is -1.08. The van der Waals surface area contributed by atoms with Crippen molar-refractivity contribution in [3.63, 3.8) is 0 Å². The van der Waals surface area contributed by atoms with Gasteiger partial charge in [0.1, 0.15) is 33.5 Å². The van der Waals surface area contributed by atoms with Crippen LogP contribution >= 0.6 is 0 Å². The first-order valence-electron chi connectivity index (χ1n) is 81.1. The van der Waals surface area contributed by atoms with Gasteiger partial charge >= 0.3 is 0 Å². The summed E-state index contributed by atoms with van der Waals surface area (Å²) in [4.78, 5) is 0. The zero-order chi connectivity index (χ0) is 161. The molecule has 3 nitrogen and oxygen atoms in total. The minimum absolute atomic E-state index is 0.310. The minimum Gasteiger partial charge on any atom is -0.456 e. The number of rotatable bonds is 12. The zero-order valence-corrected chi connectivity index (χ0v) is 67.3. The lowest BCUT2D eigenvalue weighted by atomic mass is 9.83. The summed E-state index contributed by atoms with van der Waals surface area (Å²) in [7, 11) is 0. The Kier molecular flexibility index (Phi) is 7.92. The van der Waals surface area contributed by atoms with E-state index in [9.17, 15) is 35.6 Å². The quantitative estimate of drug-likeness (QED) is 0.114. The molecule has 0 N–H and O–H groups in total. The Bertz CT molecular complexity index is 14400. The summed E-state index contributed by atoms with van der Waals surface area (Å²) < 4.78 is 758. The van der Waals surface area contributed by atoms with Gasteiger partial charge in [-0.15, -0.1) is 0 Å². The Labute approximate surface area is 897 Å². The van der Waals surface area contributed by atoms with E-state index in [2.05, 4.69) is 0 Å². The largest absolute Gasteiger partial charge is 0.456 e. The highest BCUT2D eigenvalue weighted by Gasteiger charge is 2.27. The zero-order valence-electron chi connectivity index (χ0n) is 150. The summed E-state index contributed by atoms with van der Waals surface area (Å²) in [6.45, 7) is 0. The average molecular weight is 1800 g/mol. The van der Waals surface area contributed by atoms with Crippen LogP contribution in [0.1, 0.15) is 114 Å². The Morgan fingerprint density at radius 2 is 0.363 bits per heavy atom. The molecule has 0 radical (unpaired) electrons. The summed E-state index contributed by atoms with van der Waals surface area (Å²) in [6.07, 6.45) is 0. The number of benzene rings is 24. The molecule has 0 fully saturated rings. The lowest BCUT2D eigenvalue weighted by Crippen LogP contribution is -1.93. The molecule has 630 valence electrons. The molecule has 0 aliphatic heterocycles. The van der Waals surface area contributed by atoms with E-state index in [1.165, 1.54) is 0 Å². The predicted octanol–water partition coefficient (Wildman–Crippen LogP) is 37.7. The van der Waals surface area contributed by atoms with Crippen molar-refractivity contribution in [1.82, 2.24) is 0 Å². The van der Waals surface area contributed by atoms with Crippen molar-refractivity contribution in [1.29, 1.82) is 0 Å². The molecule has 0 saturated carbocycles. The van der Waals surface area contributed by atoms with Gasteiger partial charge in [-0.25, -0.2) is 0 Å². The van der Waals surface area contributed by atoms with Crippen LogP contribution in [0, 0.1) is 0 Å². The van der Waals surface area contributed by atoms with Crippen molar-refractivity contribution in [2.45, 2.75) is 0 Å². The van der Waals surface area contributed by atoms with E-state index in [0.29, 0.717) is 0 Å². The first kappa shape index (κ1) is 31.5. The summed E-state index contributed by atoms with van der Waals surface area (Å²) in [6, 6.07) is -77.9. The van der Waals surface area contributed by atoms with Crippen LogP contribution in [0.5, 0.6) is 0 Å². The Hall–Kier alpha value is -17.8. The maximum absolute atomic E-state index is 9.62. The second-order valence-electron chi connectivity index (χ2n) is 28.6. The first-order valence-corrected chi connectivity index (χ1v) is 39.6. The topological polar surface area (TPSA) is 39.4 Å². The van der Waals surface area contributed by atoms with Crippen LogP contribution in [0.25, 0.3) is 264 Å². The molecule has 0 atom stereocenters. The third kappa shape index (κ3) is 13.9. The fourth-order valence-electron chi connectivity index (χ4n) is 16.0. The normalized spacial score (nSPS) is 20.2. The van der Waals surface area contributed by atoms with E-state index in [1.807, 2.05) is 0 Å². The fourth-order valence-corrected chi connectivity index (χ4v) is 16.0. The monoisotopic (exact) mass is 1800 g/mol. The molecule has 3 heteroatoms. The molecular weight excluding hydrogens is 1630 g/mol. The van der Waals surface area contributed by atoms with Crippen molar-refractivity contribution < 1.29 is 127 Å². The van der Waals surface area contributed by atoms with E-state index >= 15 is 0 Å². The second kappa shape index (κ2) is 33.9. The maximum Gasteiger partial charge on any atom is 0.143 e. The molecule has 135 heavy (non-hydrogen) atoms. The van der Waals surface area contributed by atoms with Gasteiger partial charge < -0.3 is 13.3 Å². The molecule has 0 spiro atoms. The van der Waals surface area contributed by atoms with Gasteiger partial charge in [0.15, 0.2) is 0 Å². The van der Waals surface area contributed by atoms with Gasteiger partial charge in [-0.05, 0) is 223 Å². The van der Waals surface area contributed by atoms with Gasteiger partial charge in [-0.3, -0.25) is 0 Å². The molecule has 0 aliphatic rings. The number of hydrogen-bond donors (Lipinski definition) is 0. The molecule has 0 saturated heterocycles. The maximum atomic E-state index is 9.62. The van der Waals surface area contributed by atoms with Crippen LogP contribution < -0.4 is 0 Å². The molecule has 0 aliphatic carbocycles. The van der Waals surface area contributed by atoms with E-state index in [1.54, 1.807) is 0 Å². The van der Waals surface area contributed by atoms with E-state index in [4.69, 9.17) is 91.4 Å². The van der Waals surface area contributed by atoms with Gasteiger partial charge in [0.25, 0.3) is 0 Å². The highest BCUT2D eigenvalue weighted by molar-refractivity contribution is 6.30. The molecule has 27 aromatic rings. The van der Waals surface area contributed by atoms with Crippen LogP contribution in [0.2, 0.25) is 0 Å². The molecule has 0 amide bonds.